The third-order valence-corrected chi connectivity index (χ3v) is 1.86. The number of halogens is 3. The first-order valence-electron chi connectivity index (χ1n) is 3.94. The maximum Gasteiger partial charge on any atom is 0.387 e. The average Bonchev–Trinajstić information content (AvgIpc) is 2.18. The van der Waals surface area contributed by atoms with Gasteiger partial charge < -0.3 is 4.74 Å². The van der Waals surface area contributed by atoms with Crippen molar-refractivity contribution in [3.63, 3.8) is 0 Å². The minimum atomic E-state index is -2.92. The van der Waals surface area contributed by atoms with Crippen LogP contribution in [-0.4, -0.2) is 6.61 Å². The largest absolute Gasteiger partial charge is 0.434 e. The Morgan fingerprint density at radius 1 is 1.47 bits per heavy atom. The molecule has 78 valence electrons. The molecule has 0 unspecified atom stereocenters. The van der Waals surface area contributed by atoms with E-state index < -0.39 is 6.61 Å². The van der Waals surface area contributed by atoms with E-state index in [2.05, 4.69) is 4.74 Å². The highest BCUT2D eigenvalue weighted by atomic mass is 35.5. The summed E-state index contributed by atoms with van der Waals surface area (Å²) in [5.41, 5.74) is 0.265. The van der Waals surface area contributed by atoms with Crippen LogP contribution in [-0.2, 0) is 0 Å². The Labute approximate surface area is 90.3 Å². The summed E-state index contributed by atoms with van der Waals surface area (Å²) in [6, 6.07) is 7.71. The molecule has 0 fully saturated rings. The second-order valence-corrected chi connectivity index (χ2v) is 2.90. The minimum absolute atomic E-state index is 0.0519. The lowest BCUT2D eigenvalue weighted by atomic mass is 10.2. The van der Waals surface area contributed by atoms with Crippen molar-refractivity contribution in [2.45, 2.75) is 6.61 Å². The van der Waals surface area contributed by atoms with Crippen LogP contribution in [0.5, 0.6) is 5.75 Å². The van der Waals surface area contributed by atoms with Crippen LogP contribution in [0.4, 0.5) is 8.78 Å². The van der Waals surface area contributed by atoms with Gasteiger partial charge in [0.2, 0.25) is 0 Å². The van der Waals surface area contributed by atoms with Crippen molar-refractivity contribution in [2.24, 2.45) is 0 Å². The summed E-state index contributed by atoms with van der Waals surface area (Å²) in [5, 5.41) is 8.43. The molecule has 0 amide bonds. The summed E-state index contributed by atoms with van der Waals surface area (Å²) in [6.45, 7) is -2.92. The lowest BCUT2D eigenvalue weighted by Crippen LogP contribution is -2.03. The molecule has 0 aliphatic carbocycles. The fourth-order valence-corrected chi connectivity index (χ4v) is 1.20. The molecule has 0 radical (unpaired) electrons. The molecule has 0 aliphatic heterocycles. The van der Waals surface area contributed by atoms with Gasteiger partial charge in [-0.25, -0.2) is 0 Å². The van der Waals surface area contributed by atoms with E-state index >= 15 is 0 Å². The van der Waals surface area contributed by atoms with Crippen LogP contribution in [0.15, 0.2) is 30.3 Å². The van der Waals surface area contributed by atoms with Gasteiger partial charge in [-0.05, 0) is 12.1 Å². The fraction of sp³-hybridized carbons (Fsp3) is 0.100. The van der Waals surface area contributed by atoms with Crippen LogP contribution in [0.25, 0.3) is 5.03 Å². The summed E-state index contributed by atoms with van der Waals surface area (Å²) < 4.78 is 28.2. The number of alkyl halides is 2. The number of nitrogens with zero attached hydrogens (tertiary/aromatic N) is 1. The van der Waals surface area contributed by atoms with E-state index in [4.69, 9.17) is 16.9 Å². The number of ether oxygens (including phenoxy) is 1. The summed E-state index contributed by atoms with van der Waals surface area (Å²) in [5.74, 6) is -0.0519. The molecule has 15 heavy (non-hydrogen) atoms. The van der Waals surface area contributed by atoms with Gasteiger partial charge in [0.25, 0.3) is 0 Å². The Hall–Kier alpha value is -1.60. The molecule has 0 aliphatic rings. The predicted octanol–water partition coefficient (Wildman–Crippen LogP) is 3.39. The molecule has 0 saturated heterocycles. The first kappa shape index (κ1) is 11.5. The summed E-state index contributed by atoms with van der Waals surface area (Å²) in [4.78, 5) is 0. The maximum absolute atomic E-state index is 12.0. The lowest BCUT2D eigenvalue weighted by Gasteiger charge is -2.08. The van der Waals surface area contributed by atoms with Crippen LogP contribution >= 0.6 is 11.6 Å². The zero-order chi connectivity index (χ0) is 11.3. The molecule has 0 N–H and O–H groups in total. The topological polar surface area (TPSA) is 33.0 Å². The number of hydrogen-bond donors (Lipinski definition) is 0. The second-order valence-electron chi connectivity index (χ2n) is 2.50. The molecule has 0 saturated carbocycles. The molecule has 0 bridgehead atoms. The van der Waals surface area contributed by atoms with Gasteiger partial charge in [0.05, 0.1) is 11.1 Å². The van der Waals surface area contributed by atoms with Crippen molar-refractivity contribution < 1.29 is 13.5 Å². The van der Waals surface area contributed by atoms with Gasteiger partial charge in [-0.3, -0.25) is 0 Å². The van der Waals surface area contributed by atoms with Crippen molar-refractivity contribution in [2.75, 3.05) is 0 Å². The van der Waals surface area contributed by atoms with Crippen LogP contribution in [0.1, 0.15) is 5.56 Å². The van der Waals surface area contributed by atoms with E-state index in [0.29, 0.717) is 0 Å². The number of para-hydroxylation sites is 1. The van der Waals surface area contributed by atoms with Gasteiger partial charge in [0, 0.05) is 11.6 Å². The van der Waals surface area contributed by atoms with Crippen LogP contribution < -0.4 is 4.74 Å². The summed E-state index contributed by atoms with van der Waals surface area (Å²) in [6.07, 6.45) is 1.05. The van der Waals surface area contributed by atoms with Crippen molar-refractivity contribution in [3.8, 4) is 11.8 Å². The van der Waals surface area contributed by atoms with Crippen LogP contribution in [0.3, 0.4) is 0 Å². The van der Waals surface area contributed by atoms with Crippen molar-refractivity contribution in [1.29, 1.82) is 5.26 Å². The predicted molar refractivity (Wildman–Crippen MR) is 52.5 cm³/mol. The quantitative estimate of drug-likeness (QED) is 0.745. The average molecular weight is 230 g/mol. The number of benzene rings is 1. The lowest BCUT2D eigenvalue weighted by molar-refractivity contribution is -0.0500. The van der Waals surface area contributed by atoms with Crippen molar-refractivity contribution in [3.05, 3.63) is 35.9 Å². The molecule has 1 aromatic rings. The van der Waals surface area contributed by atoms with E-state index in [9.17, 15) is 8.78 Å². The summed E-state index contributed by atoms with van der Waals surface area (Å²) in [7, 11) is 0. The van der Waals surface area contributed by atoms with Gasteiger partial charge in [0.1, 0.15) is 5.75 Å². The molecule has 0 heterocycles. The molecule has 2 nitrogen and oxygen atoms in total. The number of hydrogen-bond acceptors (Lipinski definition) is 2. The third-order valence-electron chi connectivity index (χ3n) is 1.55. The normalized spacial score (nSPS) is 11.3. The van der Waals surface area contributed by atoms with Crippen molar-refractivity contribution >= 4 is 16.6 Å². The molecular weight excluding hydrogens is 224 g/mol. The van der Waals surface area contributed by atoms with E-state index in [1.165, 1.54) is 18.2 Å². The van der Waals surface area contributed by atoms with E-state index in [-0.39, 0.29) is 16.3 Å². The Bertz CT molecular complexity index is 412. The zero-order valence-electron chi connectivity index (χ0n) is 7.45. The first-order chi connectivity index (χ1) is 7.15. The highest BCUT2D eigenvalue weighted by molar-refractivity contribution is 6.49. The molecule has 1 aromatic carbocycles. The van der Waals surface area contributed by atoms with Gasteiger partial charge in [0.15, 0.2) is 0 Å². The number of rotatable bonds is 3. The molecule has 1 rings (SSSR count). The van der Waals surface area contributed by atoms with Gasteiger partial charge >= 0.3 is 6.61 Å². The van der Waals surface area contributed by atoms with E-state index in [1.807, 2.05) is 0 Å². The third kappa shape index (κ3) is 3.22. The standard InChI is InChI=1S/C10H6ClF2NO/c11-8(5-6-14)7-3-1-2-4-9(7)15-10(12)13/h1-5,10H/b8-5-. The van der Waals surface area contributed by atoms with Gasteiger partial charge in [-0.15, -0.1) is 0 Å². The maximum atomic E-state index is 12.0. The SMILES string of the molecule is N#C/C=C(\Cl)c1ccccc1OC(F)F. The number of allylic oxidation sites excluding steroid dienone is 1. The monoisotopic (exact) mass is 229 g/mol. The van der Waals surface area contributed by atoms with E-state index in [0.717, 1.165) is 6.08 Å². The molecule has 0 spiro atoms. The second kappa shape index (κ2) is 5.32. The Balaban J connectivity index is 3.07. The van der Waals surface area contributed by atoms with Gasteiger partial charge in [-0.2, -0.15) is 14.0 Å². The smallest absolute Gasteiger partial charge is 0.387 e. The highest BCUT2D eigenvalue weighted by Crippen LogP contribution is 2.29. The van der Waals surface area contributed by atoms with Crippen molar-refractivity contribution in [1.82, 2.24) is 0 Å². The van der Waals surface area contributed by atoms with Crippen LogP contribution in [0, 0.1) is 11.3 Å². The minimum Gasteiger partial charge on any atom is -0.434 e. The Kier molecular flexibility index (Phi) is 4.07. The van der Waals surface area contributed by atoms with Gasteiger partial charge in [-0.1, -0.05) is 23.7 Å². The molecule has 0 atom stereocenters. The Morgan fingerprint density at radius 2 is 2.13 bits per heavy atom. The summed E-state index contributed by atoms with van der Waals surface area (Å²) >= 11 is 5.71. The van der Waals surface area contributed by atoms with Crippen LogP contribution in [0.2, 0.25) is 0 Å². The Morgan fingerprint density at radius 3 is 2.73 bits per heavy atom. The first-order valence-corrected chi connectivity index (χ1v) is 4.32. The molecule has 5 heteroatoms. The fourth-order valence-electron chi connectivity index (χ4n) is 0.997. The molecular formula is C10H6ClF2NO. The van der Waals surface area contributed by atoms with E-state index in [1.54, 1.807) is 12.1 Å². The highest BCUT2D eigenvalue weighted by Gasteiger charge is 2.10. The number of nitriles is 1. The zero-order valence-corrected chi connectivity index (χ0v) is 8.21. The molecule has 0 aromatic heterocycles.